The van der Waals surface area contributed by atoms with Crippen molar-refractivity contribution < 1.29 is 36.0 Å². The first kappa shape index (κ1) is 26.9. The molecule has 1 aromatic rings. The Morgan fingerprint density at radius 3 is 2.37 bits per heavy atom. The van der Waals surface area contributed by atoms with Gasteiger partial charge in [-0.2, -0.15) is 13.5 Å². The highest BCUT2D eigenvalue weighted by Crippen LogP contribution is 2.31. The number of primary amides is 1. The van der Waals surface area contributed by atoms with Gasteiger partial charge in [-0.3, -0.25) is 4.79 Å². The minimum absolute atomic E-state index is 0.0794. The second kappa shape index (κ2) is 10.1. The van der Waals surface area contributed by atoms with Gasteiger partial charge in [0.15, 0.2) is 0 Å². The highest BCUT2D eigenvalue weighted by atomic mass is 32.3. The van der Waals surface area contributed by atoms with E-state index in [4.69, 9.17) is 18.9 Å². The Bertz CT molecular complexity index is 1080. The molecule has 0 aliphatic carbocycles. The van der Waals surface area contributed by atoms with Crippen LogP contribution in [-0.2, 0) is 28.4 Å². The number of rotatable bonds is 9. The summed E-state index contributed by atoms with van der Waals surface area (Å²) in [5.74, 6) is -1.39. The third kappa shape index (κ3) is 6.50. The molecular weight excluding hydrogens is 478 g/mol. The number of nitrogens with zero attached hydrogens (tertiary/aromatic N) is 2. The van der Waals surface area contributed by atoms with Crippen molar-refractivity contribution in [3.05, 3.63) is 34.9 Å². The molecule has 2 N–H and O–H groups in total. The molecule has 1 aromatic carbocycles. The van der Waals surface area contributed by atoms with Crippen LogP contribution in [0.1, 0.15) is 67.9 Å². The average Bonchev–Trinajstić information content (AvgIpc) is 2.95. The Morgan fingerprint density at radius 1 is 1.17 bits per heavy atom. The van der Waals surface area contributed by atoms with Gasteiger partial charge in [0.25, 0.3) is 0 Å². The maximum atomic E-state index is 12.9. The SMILES string of the molecule is Cc1cccc(C)c1C(=O)OC(CCC(C)(C)C)OS(=O)(=O)ON1C(=O)N2C[C@H]1CC[C@H]2C(N)=O. The summed E-state index contributed by atoms with van der Waals surface area (Å²) in [4.78, 5) is 38.4. The van der Waals surface area contributed by atoms with Crippen molar-refractivity contribution in [1.82, 2.24) is 9.96 Å². The third-order valence-corrected chi connectivity index (χ3v) is 6.90. The number of carbonyl (C=O) groups is 3. The molecule has 3 atom stereocenters. The lowest BCUT2D eigenvalue weighted by molar-refractivity contribution is -0.122. The fourth-order valence-electron chi connectivity index (χ4n) is 4.27. The zero-order valence-corrected chi connectivity index (χ0v) is 21.5. The number of nitrogens with two attached hydrogens (primary N) is 1. The standard InChI is InChI=1S/C23H33N3O8S/c1-14-7-6-8-15(2)19(14)21(28)32-18(11-12-23(3,4)5)33-35(30,31)34-26-16-9-10-17(20(24)27)25(13-16)22(26)29/h6-8,16-18H,9-13H2,1-5H3,(H2,24,27)/t16-,17+,18?/m1/s1. The van der Waals surface area contributed by atoms with E-state index in [0.717, 1.165) is 0 Å². The molecule has 0 aromatic heterocycles. The van der Waals surface area contributed by atoms with Crippen LogP contribution in [0.2, 0.25) is 0 Å². The van der Waals surface area contributed by atoms with Gasteiger partial charge in [-0.15, -0.1) is 4.28 Å². The van der Waals surface area contributed by atoms with Gasteiger partial charge < -0.3 is 15.4 Å². The van der Waals surface area contributed by atoms with Crippen LogP contribution in [-0.4, -0.2) is 61.2 Å². The van der Waals surface area contributed by atoms with Crippen LogP contribution in [0.25, 0.3) is 0 Å². The van der Waals surface area contributed by atoms with Crippen molar-refractivity contribution in [3.63, 3.8) is 0 Å². The van der Waals surface area contributed by atoms with E-state index in [0.29, 0.717) is 41.0 Å². The van der Waals surface area contributed by atoms with Crippen LogP contribution >= 0.6 is 0 Å². The van der Waals surface area contributed by atoms with Gasteiger partial charge in [0.1, 0.15) is 6.04 Å². The van der Waals surface area contributed by atoms with Crippen molar-refractivity contribution >= 4 is 28.3 Å². The molecule has 3 amide bonds. The highest BCUT2D eigenvalue weighted by molar-refractivity contribution is 7.81. The molecule has 12 heteroatoms. The van der Waals surface area contributed by atoms with Crippen molar-refractivity contribution in [1.29, 1.82) is 0 Å². The lowest BCUT2D eigenvalue weighted by Gasteiger charge is -2.27. The number of esters is 1. The number of aryl methyl sites for hydroxylation is 2. The fraction of sp³-hybridized carbons (Fsp3) is 0.609. The Kier molecular flexibility index (Phi) is 7.77. The smallest absolute Gasteiger partial charge is 0.424 e. The Hall–Kier alpha value is -2.70. The number of amides is 3. The highest BCUT2D eigenvalue weighted by Gasteiger charge is 2.49. The number of hydroxylamine groups is 2. The Morgan fingerprint density at radius 2 is 1.80 bits per heavy atom. The van der Waals surface area contributed by atoms with E-state index in [2.05, 4.69) is 0 Å². The predicted molar refractivity (Wildman–Crippen MR) is 125 cm³/mol. The summed E-state index contributed by atoms with van der Waals surface area (Å²) in [6, 6.07) is 3.10. The lowest BCUT2D eigenvalue weighted by atomic mass is 9.90. The Labute approximate surface area is 205 Å². The van der Waals surface area contributed by atoms with E-state index in [-0.39, 0.29) is 18.4 Å². The maximum Gasteiger partial charge on any atom is 0.424 e. The fourth-order valence-corrected chi connectivity index (χ4v) is 5.08. The van der Waals surface area contributed by atoms with Gasteiger partial charge in [0.2, 0.25) is 12.2 Å². The maximum absolute atomic E-state index is 12.9. The lowest BCUT2D eigenvalue weighted by Crippen LogP contribution is -2.47. The second-order valence-electron chi connectivity index (χ2n) is 10.2. The second-order valence-corrected chi connectivity index (χ2v) is 11.3. The number of fused-ring (bicyclic) bond motifs is 2. The molecule has 2 saturated heterocycles. The number of hydrogen-bond acceptors (Lipinski definition) is 8. The van der Waals surface area contributed by atoms with Gasteiger partial charge >= 0.3 is 22.4 Å². The molecule has 0 radical (unpaired) electrons. The molecule has 2 fully saturated rings. The summed E-state index contributed by atoms with van der Waals surface area (Å²) in [6.07, 6.45) is -0.279. The number of benzene rings is 1. The zero-order chi connectivity index (χ0) is 26.1. The molecular formula is C23H33N3O8S. The summed E-state index contributed by atoms with van der Waals surface area (Å²) in [6.45, 7) is 9.47. The molecule has 2 aliphatic heterocycles. The molecule has 194 valence electrons. The van der Waals surface area contributed by atoms with Crippen molar-refractivity contribution in [2.45, 2.75) is 78.7 Å². The number of carbonyl (C=O) groups excluding carboxylic acids is 3. The van der Waals surface area contributed by atoms with E-state index in [9.17, 15) is 22.8 Å². The molecule has 2 heterocycles. The van der Waals surface area contributed by atoms with E-state index in [1.165, 1.54) is 4.90 Å². The first-order chi connectivity index (χ1) is 16.2. The molecule has 2 aliphatic rings. The summed E-state index contributed by atoms with van der Waals surface area (Å²) < 4.78 is 41.2. The molecule has 11 nitrogen and oxygen atoms in total. The first-order valence-corrected chi connectivity index (χ1v) is 12.8. The summed E-state index contributed by atoms with van der Waals surface area (Å²) >= 11 is 0. The molecule has 1 unspecified atom stereocenters. The average molecular weight is 512 g/mol. The summed E-state index contributed by atoms with van der Waals surface area (Å²) in [7, 11) is -4.80. The first-order valence-electron chi connectivity index (χ1n) is 11.5. The number of piperidine rings is 1. The van der Waals surface area contributed by atoms with E-state index < -0.39 is 46.7 Å². The van der Waals surface area contributed by atoms with Crippen LogP contribution in [0.4, 0.5) is 4.79 Å². The predicted octanol–water partition coefficient (Wildman–Crippen LogP) is 2.56. The van der Waals surface area contributed by atoms with E-state index in [1.54, 1.807) is 32.0 Å². The van der Waals surface area contributed by atoms with Crippen LogP contribution in [0.15, 0.2) is 18.2 Å². The minimum atomic E-state index is -4.80. The molecule has 0 spiro atoms. The van der Waals surface area contributed by atoms with Crippen molar-refractivity contribution in [2.75, 3.05) is 6.54 Å². The molecule has 2 bridgehead atoms. The summed E-state index contributed by atoms with van der Waals surface area (Å²) in [5.41, 5.74) is 6.83. The molecule has 0 saturated carbocycles. The van der Waals surface area contributed by atoms with Gasteiger partial charge in [-0.05, 0) is 49.7 Å². The molecule has 35 heavy (non-hydrogen) atoms. The monoisotopic (exact) mass is 511 g/mol. The Balaban J connectivity index is 1.75. The van der Waals surface area contributed by atoms with Crippen LogP contribution in [0.5, 0.6) is 0 Å². The van der Waals surface area contributed by atoms with Crippen LogP contribution < -0.4 is 5.73 Å². The van der Waals surface area contributed by atoms with Gasteiger partial charge in [0.05, 0.1) is 11.6 Å². The number of ether oxygens (including phenoxy) is 1. The van der Waals surface area contributed by atoms with Crippen LogP contribution in [0, 0.1) is 19.3 Å². The normalized spacial score (nSPS) is 21.2. The zero-order valence-electron chi connectivity index (χ0n) is 20.6. The van der Waals surface area contributed by atoms with Crippen LogP contribution in [0.3, 0.4) is 0 Å². The molecule has 3 rings (SSSR count). The third-order valence-electron chi connectivity index (χ3n) is 6.10. The topological polar surface area (TPSA) is 146 Å². The van der Waals surface area contributed by atoms with E-state index >= 15 is 0 Å². The van der Waals surface area contributed by atoms with Gasteiger partial charge in [-0.25, -0.2) is 13.8 Å². The van der Waals surface area contributed by atoms with Crippen molar-refractivity contribution in [2.24, 2.45) is 11.1 Å². The number of hydrogen-bond donors (Lipinski definition) is 1. The minimum Gasteiger partial charge on any atom is -0.431 e. The van der Waals surface area contributed by atoms with Gasteiger partial charge in [0, 0.05) is 13.0 Å². The largest absolute Gasteiger partial charge is 0.431 e. The number of urea groups is 1. The van der Waals surface area contributed by atoms with Crippen molar-refractivity contribution in [3.8, 4) is 0 Å². The quantitative estimate of drug-likeness (QED) is 0.393. The van der Waals surface area contributed by atoms with E-state index in [1.807, 2.05) is 20.8 Å². The van der Waals surface area contributed by atoms with Gasteiger partial charge in [-0.1, -0.05) is 39.0 Å². The summed E-state index contributed by atoms with van der Waals surface area (Å²) in [5, 5.41) is 0.687.